The summed E-state index contributed by atoms with van der Waals surface area (Å²) in [5.41, 5.74) is 5.16. The normalized spacial score (nSPS) is 15.3. The Balaban J connectivity index is 1.55. The molecule has 1 aliphatic heterocycles. The van der Waals surface area contributed by atoms with Crippen LogP contribution < -0.4 is 14.9 Å². The molecule has 218 valence electrons. The van der Waals surface area contributed by atoms with E-state index in [1.807, 2.05) is 30.3 Å². The molecule has 0 radical (unpaired) electrons. The van der Waals surface area contributed by atoms with E-state index in [0.29, 0.717) is 24.4 Å². The third-order valence-electron chi connectivity index (χ3n) is 8.09. The van der Waals surface area contributed by atoms with E-state index in [0.717, 1.165) is 48.2 Å². The van der Waals surface area contributed by atoms with E-state index in [-0.39, 0.29) is 11.4 Å². The van der Waals surface area contributed by atoms with E-state index >= 15 is 0 Å². The number of hydrogen-bond acceptors (Lipinski definition) is 5. The van der Waals surface area contributed by atoms with Gasteiger partial charge in [-0.15, -0.1) is 0 Å². The maximum absolute atomic E-state index is 13.8. The second-order valence-corrected chi connectivity index (χ2v) is 13.5. The molecule has 3 N–H and O–H groups in total. The number of anilines is 1. The second kappa shape index (κ2) is 13.5. The molecule has 4 rings (SSSR count). The van der Waals surface area contributed by atoms with Crippen LogP contribution in [0.2, 0.25) is 0 Å². The Morgan fingerprint density at radius 2 is 1.93 bits per heavy atom. The van der Waals surface area contributed by atoms with Gasteiger partial charge in [0, 0.05) is 48.6 Å². The van der Waals surface area contributed by atoms with Crippen molar-refractivity contribution in [3.05, 3.63) is 65.4 Å². The van der Waals surface area contributed by atoms with Crippen molar-refractivity contribution in [1.29, 1.82) is 0 Å². The van der Waals surface area contributed by atoms with Crippen molar-refractivity contribution in [2.75, 3.05) is 23.7 Å². The number of β-amino-alcohol motifs (C(OH)–C–C–N with tert-alkyl or cyclic N) is 1. The summed E-state index contributed by atoms with van der Waals surface area (Å²) in [7, 11) is 2.08. The third-order valence-corrected chi connectivity index (χ3v) is 9.04. The van der Waals surface area contributed by atoms with E-state index in [9.17, 15) is 9.90 Å². The van der Waals surface area contributed by atoms with Gasteiger partial charge in [0.2, 0.25) is 0 Å². The second-order valence-electron chi connectivity index (χ2n) is 12.3. The largest absolute Gasteiger partial charge is 0.390 e. The van der Waals surface area contributed by atoms with Crippen molar-refractivity contribution in [3.63, 3.8) is 0 Å². The van der Waals surface area contributed by atoms with Crippen molar-refractivity contribution in [2.24, 2.45) is 5.92 Å². The molecule has 6 nitrogen and oxygen atoms in total. The Kier molecular flexibility index (Phi) is 10.3. The minimum absolute atomic E-state index is 0.0880. The number of nitrogens with zero attached hydrogens (tertiary/aromatic N) is 2. The fourth-order valence-corrected chi connectivity index (χ4v) is 6.46. The highest BCUT2D eigenvalue weighted by Gasteiger charge is 2.27. The maximum atomic E-state index is 13.8. The van der Waals surface area contributed by atoms with Gasteiger partial charge in [0.05, 0.1) is 23.3 Å². The first kappa shape index (κ1) is 30.5. The molecule has 2 atom stereocenters. The summed E-state index contributed by atoms with van der Waals surface area (Å²) >= 11 is 1.78. The van der Waals surface area contributed by atoms with Crippen LogP contribution in [0.3, 0.4) is 0 Å². The molecule has 2 heterocycles. The number of nitrogens with one attached hydrogen (secondary N) is 2. The van der Waals surface area contributed by atoms with Gasteiger partial charge in [-0.3, -0.25) is 4.79 Å². The Morgan fingerprint density at radius 1 is 1.18 bits per heavy atom. The van der Waals surface area contributed by atoms with Gasteiger partial charge in [-0.05, 0) is 74.2 Å². The first-order chi connectivity index (χ1) is 19.1. The van der Waals surface area contributed by atoms with Crippen LogP contribution in [0.25, 0.3) is 10.9 Å². The Morgan fingerprint density at radius 3 is 2.62 bits per heavy atom. The Bertz CT molecular complexity index is 1270. The molecule has 1 aromatic heterocycles. The minimum atomic E-state index is -0.732. The highest BCUT2D eigenvalue weighted by Crippen LogP contribution is 2.37. The quantitative estimate of drug-likeness (QED) is 0.216. The van der Waals surface area contributed by atoms with Crippen LogP contribution >= 0.6 is 11.9 Å². The zero-order chi connectivity index (χ0) is 28.9. The molecule has 0 fully saturated rings. The summed E-state index contributed by atoms with van der Waals surface area (Å²) in [6.07, 6.45) is 6.38. The van der Waals surface area contributed by atoms with E-state index in [2.05, 4.69) is 79.5 Å². The summed E-state index contributed by atoms with van der Waals surface area (Å²) in [5.74, 6) is 1.54. The molecule has 40 heavy (non-hydrogen) atoms. The highest BCUT2D eigenvalue weighted by molar-refractivity contribution is 8.00. The number of aryl methyl sites for hydroxylation is 2. The summed E-state index contributed by atoms with van der Waals surface area (Å²) in [5, 5.41) is 19.3. The molecule has 3 aromatic rings. The van der Waals surface area contributed by atoms with E-state index in [1.165, 1.54) is 17.5 Å². The Hall–Kier alpha value is -2.48. The molecule has 0 saturated carbocycles. The number of aliphatic hydroxyl groups excluding tert-OH is 1. The fourth-order valence-electron chi connectivity index (χ4n) is 5.63. The number of benzene rings is 2. The van der Waals surface area contributed by atoms with E-state index in [4.69, 9.17) is 0 Å². The molecule has 0 aliphatic carbocycles. The lowest BCUT2D eigenvalue weighted by atomic mass is 9.93. The van der Waals surface area contributed by atoms with Crippen LogP contribution in [0, 0.1) is 5.92 Å². The van der Waals surface area contributed by atoms with Gasteiger partial charge >= 0.3 is 0 Å². The first-order valence-electron chi connectivity index (χ1n) is 14.9. The number of carbonyl (C=O) groups is 1. The molecule has 0 bridgehead atoms. The van der Waals surface area contributed by atoms with Gasteiger partial charge in [-0.25, -0.2) is 0 Å². The van der Waals surface area contributed by atoms with E-state index < -0.39 is 12.1 Å². The lowest BCUT2D eigenvalue weighted by Crippen LogP contribution is -2.52. The van der Waals surface area contributed by atoms with Gasteiger partial charge < -0.3 is 24.6 Å². The van der Waals surface area contributed by atoms with Crippen molar-refractivity contribution in [2.45, 2.75) is 91.0 Å². The average Bonchev–Trinajstić information content (AvgIpc) is 3.20. The smallest absolute Gasteiger partial charge is 0.251 e. The molecular weight excluding hydrogens is 516 g/mol. The van der Waals surface area contributed by atoms with Crippen LogP contribution in [0.4, 0.5) is 5.69 Å². The van der Waals surface area contributed by atoms with Crippen molar-refractivity contribution >= 4 is 34.4 Å². The average molecular weight is 565 g/mol. The molecule has 0 spiro atoms. The summed E-state index contributed by atoms with van der Waals surface area (Å²) in [6, 6.07) is 13.7. The molecule has 0 unspecified atom stereocenters. The number of rotatable bonds is 13. The van der Waals surface area contributed by atoms with Gasteiger partial charge in [0.15, 0.2) is 0 Å². The van der Waals surface area contributed by atoms with Gasteiger partial charge in [-0.1, -0.05) is 63.9 Å². The summed E-state index contributed by atoms with van der Waals surface area (Å²) in [6.45, 7) is 12.4. The number of aliphatic hydroxyl groups is 1. The summed E-state index contributed by atoms with van der Waals surface area (Å²) < 4.78 is 4.52. The zero-order valence-electron chi connectivity index (χ0n) is 25.2. The van der Waals surface area contributed by atoms with Gasteiger partial charge in [0.1, 0.15) is 0 Å². The number of carbonyl (C=O) groups excluding carboxylic acids is 1. The number of hydrogen-bond donors (Lipinski definition) is 3. The zero-order valence-corrected chi connectivity index (χ0v) is 26.0. The lowest BCUT2D eigenvalue weighted by molar-refractivity contribution is 0.0812. The van der Waals surface area contributed by atoms with Gasteiger partial charge in [-0.2, -0.15) is 0 Å². The lowest BCUT2D eigenvalue weighted by Gasteiger charge is -2.31. The topological polar surface area (TPSA) is 69.5 Å². The molecule has 0 saturated heterocycles. The van der Waals surface area contributed by atoms with E-state index in [1.54, 1.807) is 11.9 Å². The predicted octanol–water partition coefficient (Wildman–Crippen LogP) is 6.20. The van der Waals surface area contributed by atoms with Crippen LogP contribution in [0.1, 0.15) is 75.4 Å². The van der Waals surface area contributed by atoms with Crippen molar-refractivity contribution in [1.82, 2.24) is 15.2 Å². The minimum Gasteiger partial charge on any atom is -0.390 e. The highest BCUT2D eigenvalue weighted by atomic mass is 32.2. The SMILES string of the molecule is CCc1cn2c3c(cc(C(=O)N[C@@H](Cc4ccccc4)[C@H](O)CNC(C)(C)CCCC(C)C)cc13)N(C)SCC2. The molecule has 2 aromatic carbocycles. The number of amides is 1. The van der Waals surface area contributed by atoms with Crippen LogP contribution in [-0.4, -0.2) is 52.6 Å². The Labute approximate surface area is 245 Å². The fraction of sp³-hybridized carbons (Fsp3) is 0.545. The molecule has 1 aliphatic rings. The molecule has 7 heteroatoms. The summed E-state index contributed by atoms with van der Waals surface area (Å²) in [4.78, 5) is 13.8. The maximum Gasteiger partial charge on any atom is 0.251 e. The molecular formula is C33H48N4O2S. The first-order valence-corrected chi connectivity index (χ1v) is 15.8. The molecule has 1 amide bonds. The van der Waals surface area contributed by atoms with Crippen LogP contribution in [0.15, 0.2) is 48.7 Å². The van der Waals surface area contributed by atoms with Crippen LogP contribution in [0.5, 0.6) is 0 Å². The third kappa shape index (κ3) is 7.62. The number of aromatic nitrogens is 1. The predicted molar refractivity (Wildman–Crippen MR) is 170 cm³/mol. The van der Waals surface area contributed by atoms with Gasteiger partial charge in [0.25, 0.3) is 5.91 Å². The standard InChI is InChI=1S/C33H48N4O2S/c1-7-25-22-37-16-17-40-36(6)29-20-26(19-27(25)31(29)37)32(39)35-28(18-24-13-9-8-10-14-24)30(38)21-34-33(4,5)15-11-12-23(2)3/h8-10,13-14,19-20,22-23,28,30,34,38H,7,11-12,15-18,21H2,1-6H3,(H,35,39)/t28-,30+/m0/s1. The monoisotopic (exact) mass is 564 g/mol. The van der Waals surface area contributed by atoms with Crippen molar-refractivity contribution < 1.29 is 9.90 Å². The van der Waals surface area contributed by atoms with Crippen LogP contribution in [-0.2, 0) is 19.4 Å². The van der Waals surface area contributed by atoms with Crippen molar-refractivity contribution in [3.8, 4) is 0 Å².